The Hall–Kier alpha value is -4.06. The number of carbonyl (C=O) groups is 2. The second-order valence-corrected chi connectivity index (χ2v) is 7.27. The van der Waals surface area contributed by atoms with Crippen LogP contribution in [0.5, 0.6) is 5.75 Å². The van der Waals surface area contributed by atoms with E-state index >= 15 is 0 Å². The Balaban J connectivity index is 1.70. The largest absolute Gasteiger partial charge is 0.494 e. The molecule has 3 aromatic rings. The summed E-state index contributed by atoms with van der Waals surface area (Å²) in [5, 5.41) is 22.2. The van der Waals surface area contributed by atoms with Crippen molar-refractivity contribution in [1.82, 2.24) is 31.0 Å². The van der Waals surface area contributed by atoms with Crippen LogP contribution < -0.4 is 26.0 Å². The van der Waals surface area contributed by atoms with Gasteiger partial charge >= 0.3 is 0 Å². The molecule has 4 N–H and O–H groups in total. The molecule has 1 fully saturated rings. The van der Waals surface area contributed by atoms with Crippen LogP contribution in [0.15, 0.2) is 28.8 Å². The summed E-state index contributed by atoms with van der Waals surface area (Å²) in [6.45, 7) is -2.33. The molecule has 172 valence electrons. The molecule has 1 aromatic carbocycles. The van der Waals surface area contributed by atoms with Gasteiger partial charge in [-0.2, -0.15) is 4.98 Å². The van der Waals surface area contributed by atoms with Crippen molar-refractivity contribution >= 4 is 29.0 Å². The maximum absolute atomic E-state index is 12.7. The highest BCUT2D eigenvalue weighted by Gasteiger charge is 2.30. The van der Waals surface area contributed by atoms with E-state index in [9.17, 15) is 9.59 Å². The van der Waals surface area contributed by atoms with Crippen LogP contribution >= 0.6 is 0 Å². The minimum atomic E-state index is -2.74. The molecular formula is C21H24N8O4. The van der Waals surface area contributed by atoms with Gasteiger partial charge in [-0.15, -0.1) is 10.2 Å². The van der Waals surface area contributed by atoms with Crippen molar-refractivity contribution in [2.45, 2.75) is 19.4 Å². The van der Waals surface area contributed by atoms with E-state index in [1.54, 1.807) is 25.2 Å². The highest BCUT2D eigenvalue weighted by Crippen LogP contribution is 2.38. The fourth-order valence-electron chi connectivity index (χ4n) is 3.11. The molecule has 0 spiro atoms. The number of hydrogen-bond donors (Lipinski definition) is 4. The summed E-state index contributed by atoms with van der Waals surface area (Å²) in [4.78, 5) is 29.2. The SMILES string of the molecule is [2H]C([2H])([2H])NC(=O)c1nnc(NC(=O)C2CC2)cc1Nc1cccc(-c2nc(CNC)no2)c1OC. The third-order valence-electron chi connectivity index (χ3n) is 4.84. The van der Waals surface area contributed by atoms with E-state index in [0.717, 1.165) is 12.8 Å². The number of carbonyl (C=O) groups excluding carboxylic acids is 2. The fraction of sp³-hybridized carbons (Fsp3) is 0.333. The molecule has 33 heavy (non-hydrogen) atoms. The van der Waals surface area contributed by atoms with Gasteiger partial charge in [0.2, 0.25) is 5.91 Å². The zero-order valence-corrected chi connectivity index (χ0v) is 17.9. The molecule has 1 aliphatic rings. The molecule has 1 aliphatic carbocycles. The maximum atomic E-state index is 12.7. The van der Waals surface area contributed by atoms with Gasteiger partial charge in [0.1, 0.15) is 0 Å². The van der Waals surface area contributed by atoms with Crippen molar-refractivity contribution in [3.8, 4) is 17.2 Å². The quantitative estimate of drug-likeness (QED) is 0.374. The van der Waals surface area contributed by atoms with E-state index in [2.05, 4.69) is 36.3 Å². The van der Waals surface area contributed by atoms with Crippen LogP contribution in [0, 0.1) is 5.92 Å². The third kappa shape index (κ3) is 4.90. The van der Waals surface area contributed by atoms with E-state index in [1.807, 2.05) is 5.32 Å². The summed E-state index contributed by atoms with van der Waals surface area (Å²) in [5.74, 6) is -0.182. The lowest BCUT2D eigenvalue weighted by atomic mass is 10.1. The summed E-state index contributed by atoms with van der Waals surface area (Å²) in [5.41, 5.74) is 0.667. The summed E-state index contributed by atoms with van der Waals surface area (Å²) in [6, 6.07) is 6.48. The van der Waals surface area contributed by atoms with Gasteiger partial charge in [-0.3, -0.25) is 9.59 Å². The molecule has 0 atom stereocenters. The first-order chi connectivity index (χ1) is 17.2. The van der Waals surface area contributed by atoms with Gasteiger partial charge in [-0.1, -0.05) is 11.2 Å². The number of amides is 2. The smallest absolute Gasteiger partial charge is 0.273 e. The average molecular weight is 455 g/mol. The molecular weight excluding hydrogens is 428 g/mol. The van der Waals surface area contributed by atoms with Crippen molar-refractivity contribution in [2.24, 2.45) is 5.92 Å². The van der Waals surface area contributed by atoms with E-state index in [4.69, 9.17) is 13.4 Å². The lowest BCUT2D eigenvalue weighted by molar-refractivity contribution is -0.117. The Morgan fingerprint density at radius 2 is 2.12 bits per heavy atom. The summed E-state index contributed by atoms with van der Waals surface area (Å²) in [6.07, 6.45) is 1.58. The van der Waals surface area contributed by atoms with Crippen molar-refractivity contribution in [1.29, 1.82) is 0 Å². The van der Waals surface area contributed by atoms with Gasteiger partial charge in [-0.25, -0.2) is 0 Å². The predicted octanol–water partition coefficient (Wildman–Crippen LogP) is 1.71. The Morgan fingerprint density at radius 3 is 2.85 bits per heavy atom. The molecule has 2 heterocycles. The van der Waals surface area contributed by atoms with Gasteiger partial charge < -0.3 is 30.5 Å². The number of hydrogen-bond acceptors (Lipinski definition) is 10. The second kappa shape index (κ2) is 9.61. The number of nitrogens with one attached hydrogen (secondary N) is 4. The van der Waals surface area contributed by atoms with Crippen LogP contribution in [0.3, 0.4) is 0 Å². The minimum absolute atomic E-state index is 0.0827. The number of nitrogens with zero attached hydrogens (tertiary/aromatic N) is 4. The Kier molecular flexibility index (Phi) is 5.39. The zero-order chi connectivity index (χ0) is 25.9. The molecule has 0 bridgehead atoms. The molecule has 1 saturated carbocycles. The van der Waals surface area contributed by atoms with Crippen molar-refractivity contribution in [3.05, 3.63) is 35.8 Å². The minimum Gasteiger partial charge on any atom is -0.494 e. The number of rotatable bonds is 9. The van der Waals surface area contributed by atoms with Crippen LogP contribution in [0.2, 0.25) is 0 Å². The molecule has 12 heteroatoms. The normalized spacial score (nSPS) is 14.5. The summed E-state index contributed by atoms with van der Waals surface area (Å²) >= 11 is 0. The van der Waals surface area contributed by atoms with Crippen LogP contribution in [-0.2, 0) is 11.3 Å². The Labute approximate surface area is 193 Å². The second-order valence-electron chi connectivity index (χ2n) is 7.27. The number of aromatic nitrogens is 4. The molecule has 0 aliphatic heterocycles. The number of para-hydroxylation sites is 1. The van der Waals surface area contributed by atoms with Crippen LogP contribution in [0.25, 0.3) is 11.5 Å². The lowest BCUT2D eigenvalue weighted by Crippen LogP contribution is -2.22. The van der Waals surface area contributed by atoms with Gasteiger partial charge in [0.25, 0.3) is 11.8 Å². The van der Waals surface area contributed by atoms with E-state index in [1.165, 1.54) is 13.2 Å². The molecule has 2 amide bonds. The summed E-state index contributed by atoms with van der Waals surface area (Å²) in [7, 11) is 3.20. The van der Waals surface area contributed by atoms with E-state index in [0.29, 0.717) is 29.4 Å². The highest BCUT2D eigenvalue weighted by molar-refractivity contribution is 6.00. The van der Waals surface area contributed by atoms with Crippen LogP contribution in [0.1, 0.15) is 33.3 Å². The molecule has 12 nitrogen and oxygen atoms in total. The average Bonchev–Trinajstić information content (AvgIpc) is 3.57. The van der Waals surface area contributed by atoms with Crippen molar-refractivity contribution in [3.63, 3.8) is 0 Å². The van der Waals surface area contributed by atoms with Gasteiger partial charge in [0, 0.05) is 23.1 Å². The first-order valence-corrected chi connectivity index (χ1v) is 10.1. The first kappa shape index (κ1) is 18.5. The number of anilines is 3. The number of benzene rings is 1. The van der Waals surface area contributed by atoms with Crippen molar-refractivity contribution < 1.29 is 23.0 Å². The van der Waals surface area contributed by atoms with Gasteiger partial charge in [0.05, 0.1) is 30.6 Å². The van der Waals surface area contributed by atoms with Gasteiger partial charge in [0.15, 0.2) is 23.1 Å². The Morgan fingerprint density at radius 1 is 1.27 bits per heavy atom. The zero-order valence-electron chi connectivity index (χ0n) is 20.9. The first-order valence-electron chi connectivity index (χ1n) is 11.6. The molecule has 4 rings (SSSR count). The maximum Gasteiger partial charge on any atom is 0.273 e. The molecule has 2 aromatic heterocycles. The fourth-order valence-corrected chi connectivity index (χ4v) is 3.11. The van der Waals surface area contributed by atoms with E-state index < -0.39 is 12.9 Å². The van der Waals surface area contributed by atoms with Crippen molar-refractivity contribution in [2.75, 3.05) is 31.8 Å². The standard InChI is InChI=1S/C21H24N8O4/c1-22-10-16-26-21(33-29-16)12-5-4-6-13(18(12)32-3)24-14-9-15(25-19(30)11-7-8-11)27-28-17(14)20(31)23-2/h4-6,9,11,22H,7-8,10H2,1-3H3,(H,23,31)(H2,24,25,27,30)/i2D3. The number of methoxy groups -OCH3 is 1. The van der Waals surface area contributed by atoms with Crippen LogP contribution in [-0.4, -0.2) is 53.3 Å². The third-order valence-corrected chi connectivity index (χ3v) is 4.84. The highest BCUT2D eigenvalue weighted by atomic mass is 16.5. The Bertz CT molecular complexity index is 1280. The summed E-state index contributed by atoms with van der Waals surface area (Å²) < 4.78 is 33.0. The van der Waals surface area contributed by atoms with Gasteiger partial charge in [-0.05, 0) is 32.0 Å². The monoisotopic (exact) mass is 455 g/mol. The molecule has 0 unspecified atom stereocenters. The molecule has 0 radical (unpaired) electrons. The van der Waals surface area contributed by atoms with Crippen LogP contribution in [0.4, 0.5) is 17.2 Å². The predicted molar refractivity (Wildman–Crippen MR) is 119 cm³/mol. The molecule has 0 saturated heterocycles. The van der Waals surface area contributed by atoms with E-state index in [-0.39, 0.29) is 34.9 Å². The topological polar surface area (TPSA) is 156 Å². The number of ether oxygens (including phenoxy) is 1. The lowest BCUT2D eigenvalue weighted by Gasteiger charge is -2.15.